The van der Waals surface area contributed by atoms with Gasteiger partial charge in [0, 0.05) is 0 Å². The molecule has 6 aromatic carbocycles. The third-order valence-electron chi connectivity index (χ3n) is 8.04. The van der Waals surface area contributed by atoms with E-state index in [-0.39, 0.29) is 18.3 Å². The summed E-state index contributed by atoms with van der Waals surface area (Å²) in [5.41, 5.74) is 6.56. The second-order valence-corrected chi connectivity index (χ2v) is 19.1. The Morgan fingerprint density at radius 1 is 0.482 bits per heavy atom. The maximum atomic E-state index is 6.92. The Morgan fingerprint density at radius 3 is 1.30 bits per heavy atom. The quantitative estimate of drug-likeness (QED) is 0.0866. The molecule has 56 heavy (non-hydrogen) atoms. The van der Waals surface area contributed by atoms with E-state index in [1.807, 2.05) is 169 Å². The molecule has 2 atom stereocenters. The Labute approximate surface area is 334 Å². The fraction of sp³-hybridized carbons (Fsp3) is 0.200. The fourth-order valence-electron chi connectivity index (χ4n) is 5.63. The molecular formula is C45H51N2O6P3. The van der Waals surface area contributed by atoms with Crippen LogP contribution < -0.4 is 18.4 Å². The third-order valence-corrected chi connectivity index (χ3v) is 15.2. The van der Waals surface area contributed by atoms with E-state index >= 15 is 0 Å². The van der Waals surface area contributed by atoms with Crippen LogP contribution in [0, 0.1) is 0 Å². The van der Waals surface area contributed by atoms with Crippen LogP contribution in [0.4, 0.5) is 0 Å². The maximum absolute atomic E-state index is 6.92. The Balaban J connectivity index is 1.37. The molecule has 8 nitrogen and oxygen atoms in total. The predicted molar refractivity (Wildman–Crippen MR) is 235 cm³/mol. The van der Waals surface area contributed by atoms with E-state index in [1.165, 1.54) is 0 Å². The van der Waals surface area contributed by atoms with Gasteiger partial charge in [-0.05, 0) is 0 Å². The van der Waals surface area contributed by atoms with Gasteiger partial charge in [0.1, 0.15) is 0 Å². The molecule has 0 saturated carbocycles. The van der Waals surface area contributed by atoms with Crippen molar-refractivity contribution in [1.82, 2.24) is 4.86 Å². The summed E-state index contributed by atoms with van der Waals surface area (Å²) in [7, 11) is -8.26. The SMILES string of the molecule is CC(C)OP(N[PH](N=[PH](Oc1ccc(-c2ccccc2)cc1)OC(C)C)(Oc1ccc(-c2ccccc2)cc1)OC(C)C)Oc1ccc(-c2ccccc2)cc1. The molecule has 0 bridgehead atoms. The van der Waals surface area contributed by atoms with E-state index in [2.05, 4.69) is 41.3 Å². The summed E-state index contributed by atoms with van der Waals surface area (Å²) in [6, 6.07) is 54.5. The van der Waals surface area contributed by atoms with Gasteiger partial charge in [-0.25, -0.2) is 0 Å². The molecule has 0 aliphatic heterocycles. The molecule has 0 aliphatic rings. The van der Waals surface area contributed by atoms with Gasteiger partial charge < -0.3 is 0 Å². The summed E-state index contributed by atoms with van der Waals surface area (Å²) >= 11 is 0. The van der Waals surface area contributed by atoms with Crippen LogP contribution in [0.2, 0.25) is 0 Å². The summed E-state index contributed by atoms with van der Waals surface area (Å²) < 4.78 is 45.0. The molecule has 0 spiro atoms. The predicted octanol–water partition coefficient (Wildman–Crippen LogP) is 14.0. The molecule has 0 saturated heterocycles. The number of hydrogen-bond donors (Lipinski definition) is 1. The molecule has 11 heteroatoms. The van der Waals surface area contributed by atoms with E-state index in [9.17, 15) is 0 Å². The van der Waals surface area contributed by atoms with Crippen LogP contribution in [0.3, 0.4) is 0 Å². The van der Waals surface area contributed by atoms with E-state index in [1.54, 1.807) is 0 Å². The van der Waals surface area contributed by atoms with Crippen molar-refractivity contribution in [2.24, 2.45) is 4.52 Å². The minimum absolute atomic E-state index is 0.191. The second kappa shape index (κ2) is 20.2. The van der Waals surface area contributed by atoms with Crippen molar-refractivity contribution in [3.63, 3.8) is 0 Å². The van der Waals surface area contributed by atoms with Crippen LogP contribution in [0.5, 0.6) is 17.2 Å². The number of nitrogens with zero attached hydrogens (tertiary/aromatic N) is 1. The summed E-state index contributed by atoms with van der Waals surface area (Å²) in [4.78, 5) is 3.55. The molecule has 2 unspecified atom stereocenters. The molecule has 6 rings (SSSR count). The van der Waals surface area contributed by atoms with Crippen molar-refractivity contribution in [3.8, 4) is 50.6 Å². The standard InChI is InChI=1S/C45H51N2O6P3/c1-34(2)48-54(50-43-28-22-40(23-29-43)37-16-10-7-11-17-37)46-56(52-36(5)6,53-45-32-26-42(27-33-45)39-20-14-9-15-21-39)47-55(49-35(3)4)51-44-30-24-41(25-31-44)38-18-12-8-13-19-38/h7-36,46,55-56H,1-6H3. The minimum atomic E-state index is -3.94. The van der Waals surface area contributed by atoms with Gasteiger partial charge >= 0.3 is 336 Å². The first-order valence-electron chi connectivity index (χ1n) is 18.8. The summed E-state index contributed by atoms with van der Waals surface area (Å²) in [5, 5.41) is 0. The van der Waals surface area contributed by atoms with E-state index in [4.69, 9.17) is 31.7 Å². The van der Waals surface area contributed by atoms with E-state index in [0.717, 1.165) is 33.4 Å². The van der Waals surface area contributed by atoms with Crippen LogP contribution in [0.1, 0.15) is 41.5 Å². The third kappa shape index (κ3) is 12.3. The Bertz CT molecular complexity index is 2100. The number of nitrogens with one attached hydrogen (secondary N) is 1. The molecule has 0 radical (unpaired) electrons. The van der Waals surface area contributed by atoms with Gasteiger partial charge in [-0.1, -0.05) is 0 Å². The number of rotatable bonds is 18. The monoisotopic (exact) mass is 808 g/mol. The zero-order chi connectivity index (χ0) is 39.3. The first-order valence-corrected chi connectivity index (χ1v) is 23.0. The molecular weight excluding hydrogens is 757 g/mol. The molecule has 292 valence electrons. The molecule has 0 heterocycles. The van der Waals surface area contributed by atoms with Crippen LogP contribution in [0.25, 0.3) is 33.4 Å². The first-order chi connectivity index (χ1) is 27.1. The normalized spacial score (nSPS) is 13.2. The zero-order valence-corrected chi connectivity index (χ0v) is 35.6. The van der Waals surface area contributed by atoms with Gasteiger partial charge in [0.15, 0.2) is 0 Å². The van der Waals surface area contributed by atoms with Crippen molar-refractivity contribution in [2.75, 3.05) is 0 Å². The van der Waals surface area contributed by atoms with Gasteiger partial charge in [0.2, 0.25) is 0 Å². The summed E-state index contributed by atoms with van der Waals surface area (Å²) in [6.07, 6.45) is -0.681. The molecule has 0 fully saturated rings. The van der Waals surface area contributed by atoms with Crippen LogP contribution >= 0.6 is 24.7 Å². The van der Waals surface area contributed by atoms with Crippen molar-refractivity contribution in [2.45, 2.75) is 59.9 Å². The molecule has 0 aromatic heterocycles. The van der Waals surface area contributed by atoms with Crippen molar-refractivity contribution in [1.29, 1.82) is 0 Å². The van der Waals surface area contributed by atoms with Crippen molar-refractivity contribution in [3.05, 3.63) is 164 Å². The van der Waals surface area contributed by atoms with Crippen molar-refractivity contribution < 1.29 is 27.1 Å². The van der Waals surface area contributed by atoms with Gasteiger partial charge in [-0.2, -0.15) is 0 Å². The zero-order valence-electron chi connectivity index (χ0n) is 32.7. The average molecular weight is 809 g/mol. The van der Waals surface area contributed by atoms with Crippen molar-refractivity contribution >= 4 is 24.7 Å². The first kappa shape index (κ1) is 41.3. The summed E-state index contributed by atoms with van der Waals surface area (Å²) in [6.45, 7) is 11.8. The number of hydrogen-bond acceptors (Lipinski definition) is 8. The molecule has 0 amide bonds. The second-order valence-electron chi connectivity index (χ2n) is 13.8. The molecule has 0 aliphatic carbocycles. The van der Waals surface area contributed by atoms with E-state index in [0.29, 0.717) is 17.2 Å². The van der Waals surface area contributed by atoms with Gasteiger partial charge in [0.25, 0.3) is 0 Å². The Hall–Kier alpha value is -4.35. The number of benzene rings is 6. The topological polar surface area (TPSA) is 79.8 Å². The van der Waals surface area contributed by atoms with Gasteiger partial charge in [0.05, 0.1) is 0 Å². The van der Waals surface area contributed by atoms with Crippen LogP contribution in [0.15, 0.2) is 168 Å². The molecule has 1 N–H and O–H groups in total. The molecule has 6 aromatic rings. The average Bonchev–Trinajstić information content (AvgIpc) is 3.19. The Morgan fingerprint density at radius 2 is 0.893 bits per heavy atom. The van der Waals surface area contributed by atoms with E-state index < -0.39 is 24.7 Å². The van der Waals surface area contributed by atoms with Crippen LogP contribution in [-0.4, -0.2) is 18.3 Å². The van der Waals surface area contributed by atoms with Gasteiger partial charge in [-0.3, -0.25) is 0 Å². The van der Waals surface area contributed by atoms with Gasteiger partial charge in [-0.15, -0.1) is 0 Å². The van der Waals surface area contributed by atoms with Crippen LogP contribution in [-0.2, 0) is 13.6 Å². The fourth-order valence-corrected chi connectivity index (χ4v) is 12.4. The summed E-state index contributed by atoms with van der Waals surface area (Å²) in [5.74, 6) is 1.82. The Kier molecular flexibility index (Phi) is 14.9.